The van der Waals surface area contributed by atoms with Crippen molar-refractivity contribution < 1.29 is 4.79 Å². The van der Waals surface area contributed by atoms with E-state index in [0.717, 1.165) is 0 Å². The standard InChI is InChI=1S/C12H12BrN7O2/c1-18-4-3-7(16-18)15-8(21)5-20-6-14-11-9(12(20)22)10(13)17-19(11)2/h3-4,6H,5H2,1-2H3,(H,15,16,21). The predicted octanol–water partition coefficient (Wildman–Crippen LogP) is 0.265. The number of aryl methyl sites for hydroxylation is 2. The zero-order valence-corrected chi connectivity index (χ0v) is 13.4. The third-order valence-corrected chi connectivity index (χ3v) is 3.62. The molecule has 9 nitrogen and oxygen atoms in total. The second-order valence-electron chi connectivity index (χ2n) is 4.71. The zero-order valence-electron chi connectivity index (χ0n) is 11.8. The molecule has 3 rings (SSSR count). The van der Waals surface area contributed by atoms with E-state index in [9.17, 15) is 9.59 Å². The van der Waals surface area contributed by atoms with Crippen molar-refractivity contribution in [3.63, 3.8) is 0 Å². The highest BCUT2D eigenvalue weighted by atomic mass is 79.9. The summed E-state index contributed by atoms with van der Waals surface area (Å²) in [6.07, 6.45) is 3.04. The average molecular weight is 366 g/mol. The first kappa shape index (κ1) is 14.4. The summed E-state index contributed by atoms with van der Waals surface area (Å²) < 4.78 is 4.70. The van der Waals surface area contributed by atoms with Crippen molar-refractivity contribution in [1.29, 1.82) is 0 Å². The smallest absolute Gasteiger partial charge is 0.266 e. The van der Waals surface area contributed by atoms with Gasteiger partial charge in [0.15, 0.2) is 11.5 Å². The Morgan fingerprint density at radius 1 is 1.36 bits per heavy atom. The molecule has 0 aliphatic rings. The van der Waals surface area contributed by atoms with Crippen LogP contribution in [0.5, 0.6) is 0 Å². The molecule has 22 heavy (non-hydrogen) atoms. The van der Waals surface area contributed by atoms with Gasteiger partial charge in [-0.15, -0.1) is 0 Å². The molecule has 3 heterocycles. The van der Waals surface area contributed by atoms with Crippen molar-refractivity contribution in [2.75, 3.05) is 5.32 Å². The minimum Gasteiger partial charge on any atom is -0.308 e. The molecule has 1 amide bonds. The van der Waals surface area contributed by atoms with Crippen molar-refractivity contribution in [3.8, 4) is 0 Å². The number of carbonyl (C=O) groups is 1. The van der Waals surface area contributed by atoms with Crippen LogP contribution in [0.4, 0.5) is 5.82 Å². The van der Waals surface area contributed by atoms with Crippen LogP contribution in [-0.2, 0) is 25.4 Å². The molecule has 0 unspecified atom stereocenters. The van der Waals surface area contributed by atoms with Gasteiger partial charge >= 0.3 is 0 Å². The number of hydrogen-bond donors (Lipinski definition) is 1. The second kappa shape index (κ2) is 5.37. The minimum absolute atomic E-state index is 0.153. The van der Waals surface area contributed by atoms with Crippen molar-refractivity contribution in [2.24, 2.45) is 14.1 Å². The van der Waals surface area contributed by atoms with Gasteiger partial charge in [-0.2, -0.15) is 10.2 Å². The van der Waals surface area contributed by atoms with E-state index in [4.69, 9.17) is 0 Å². The van der Waals surface area contributed by atoms with Gasteiger partial charge in [0, 0.05) is 26.4 Å². The first-order chi connectivity index (χ1) is 10.5. The van der Waals surface area contributed by atoms with Crippen LogP contribution in [0.3, 0.4) is 0 Å². The Labute approximate surface area is 132 Å². The van der Waals surface area contributed by atoms with Crippen molar-refractivity contribution >= 4 is 38.7 Å². The summed E-state index contributed by atoms with van der Waals surface area (Å²) in [5, 5.41) is 11.1. The maximum Gasteiger partial charge on any atom is 0.266 e. The molecule has 0 fully saturated rings. The molecule has 0 atom stereocenters. The summed E-state index contributed by atoms with van der Waals surface area (Å²) in [7, 11) is 3.44. The highest BCUT2D eigenvalue weighted by Gasteiger charge is 2.15. The summed E-state index contributed by atoms with van der Waals surface area (Å²) in [5.41, 5.74) is 0.124. The Hall–Kier alpha value is -2.49. The third-order valence-electron chi connectivity index (χ3n) is 3.06. The van der Waals surface area contributed by atoms with Gasteiger partial charge in [-0.1, -0.05) is 0 Å². The molecular formula is C12H12BrN7O2. The fraction of sp³-hybridized carbons (Fsp3) is 0.250. The van der Waals surface area contributed by atoms with Crippen molar-refractivity contribution in [3.05, 3.63) is 33.5 Å². The first-order valence-electron chi connectivity index (χ1n) is 6.33. The Bertz CT molecular complexity index is 923. The Kier molecular flexibility index (Phi) is 3.53. The molecule has 114 valence electrons. The SMILES string of the molecule is Cn1ccc(NC(=O)Cn2cnc3c(c(Br)nn3C)c2=O)n1. The number of halogens is 1. The average Bonchev–Trinajstić information content (AvgIpc) is 2.97. The maximum absolute atomic E-state index is 12.4. The third kappa shape index (κ3) is 2.52. The number of fused-ring (bicyclic) bond motifs is 1. The van der Waals surface area contributed by atoms with Crippen molar-refractivity contribution in [2.45, 2.75) is 6.54 Å². The molecule has 0 saturated carbocycles. The van der Waals surface area contributed by atoms with E-state index in [1.54, 1.807) is 31.0 Å². The van der Waals surface area contributed by atoms with Gasteiger partial charge in [-0.3, -0.25) is 18.8 Å². The molecule has 0 radical (unpaired) electrons. The molecule has 0 spiro atoms. The van der Waals surface area contributed by atoms with E-state index in [1.807, 2.05) is 0 Å². The lowest BCUT2D eigenvalue weighted by atomic mass is 10.4. The molecule has 10 heteroatoms. The molecule has 3 aromatic heterocycles. The lowest BCUT2D eigenvalue weighted by molar-refractivity contribution is -0.116. The van der Waals surface area contributed by atoms with Crippen LogP contribution in [0.25, 0.3) is 11.0 Å². The fourth-order valence-electron chi connectivity index (χ4n) is 2.07. The number of hydrogen-bond acceptors (Lipinski definition) is 5. The van der Waals surface area contributed by atoms with Gasteiger partial charge in [-0.25, -0.2) is 9.67 Å². The monoisotopic (exact) mass is 365 g/mol. The van der Waals surface area contributed by atoms with Gasteiger partial charge in [-0.05, 0) is 15.9 Å². The van der Waals surface area contributed by atoms with Gasteiger partial charge in [0.1, 0.15) is 22.9 Å². The number of aromatic nitrogens is 6. The van der Waals surface area contributed by atoms with Gasteiger partial charge in [0.05, 0.1) is 0 Å². The molecule has 0 aliphatic carbocycles. The predicted molar refractivity (Wildman–Crippen MR) is 82.3 cm³/mol. The Morgan fingerprint density at radius 2 is 2.14 bits per heavy atom. The fourth-order valence-corrected chi connectivity index (χ4v) is 2.65. The normalized spacial score (nSPS) is 11.0. The highest BCUT2D eigenvalue weighted by Crippen LogP contribution is 2.16. The summed E-state index contributed by atoms with van der Waals surface area (Å²) in [6.45, 7) is -0.153. The summed E-state index contributed by atoms with van der Waals surface area (Å²) >= 11 is 3.23. The molecular weight excluding hydrogens is 354 g/mol. The number of nitrogens with zero attached hydrogens (tertiary/aromatic N) is 6. The van der Waals surface area contributed by atoms with E-state index < -0.39 is 0 Å². The van der Waals surface area contributed by atoms with Crippen LogP contribution >= 0.6 is 15.9 Å². The number of rotatable bonds is 3. The van der Waals surface area contributed by atoms with E-state index in [1.165, 1.54) is 15.6 Å². The molecule has 0 saturated heterocycles. The molecule has 0 bridgehead atoms. The van der Waals surface area contributed by atoms with Crippen molar-refractivity contribution in [1.82, 2.24) is 29.1 Å². The quantitative estimate of drug-likeness (QED) is 0.717. The van der Waals surface area contributed by atoms with Gasteiger partial charge < -0.3 is 5.32 Å². The molecule has 0 aliphatic heterocycles. The number of amides is 1. The summed E-state index contributed by atoms with van der Waals surface area (Å²) in [6, 6.07) is 1.67. The van der Waals surface area contributed by atoms with Gasteiger partial charge in [0.2, 0.25) is 5.91 Å². The van der Waals surface area contributed by atoms with Gasteiger partial charge in [0.25, 0.3) is 5.56 Å². The zero-order chi connectivity index (χ0) is 15.9. The lowest BCUT2D eigenvalue weighted by Crippen LogP contribution is -2.28. The van der Waals surface area contributed by atoms with Crippen LogP contribution in [0.2, 0.25) is 0 Å². The molecule has 3 aromatic rings. The maximum atomic E-state index is 12.4. The van der Waals surface area contributed by atoms with Crippen LogP contribution < -0.4 is 10.9 Å². The highest BCUT2D eigenvalue weighted by molar-refractivity contribution is 9.10. The lowest BCUT2D eigenvalue weighted by Gasteiger charge is -2.05. The number of anilines is 1. The van der Waals surface area contributed by atoms with Crippen LogP contribution in [0.1, 0.15) is 0 Å². The Balaban J connectivity index is 1.88. The molecule has 0 aromatic carbocycles. The number of nitrogens with one attached hydrogen (secondary N) is 1. The summed E-state index contributed by atoms with van der Waals surface area (Å²) in [4.78, 5) is 28.5. The number of carbonyl (C=O) groups excluding carboxylic acids is 1. The topological polar surface area (TPSA) is 99.6 Å². The summed E-state index contributed by atoms with van der Waals surface area (Å²) in [5.74, 6) is 0.0686. The Morgan fingerprint density at radius 3 is 2.82 bits per heavy atom. The van der Waals surface area contributed by atoms with E-state index in [2.05, 4.69) is 36.4 Å². The van der Waals surface area contributed by atoms with Crippen LogP contribution in [0.15, 0.2) is 28.0 Å². The van der Waals surface area contributed by atoms with E-state index >= 15 is 0 Å². The first-order valence-corrected chi connectivity index (χ1v) is 7.12. The second-order valence-corrected chi connectivity index (χ2v) is 5.46. The van der Waals surface area contributed by atoms with Crippen LogP contribution in [0, 0.1) is 0 Å². The molecule has 1 N–H and O–H groups in total. The minimum atomic E-state index is -0.359. The van der Waals surface area contributed by atoms with E-state index in [-0.39, 0.29) is 18.0 Å². The largest absolute Gasteiger partial charge is 0.308 e. The van der Waals surface area contributed by atoms with Crippen LogP contribution in [-0.4, -0.2) is 35.0 Å². The van der Waals surface area contributed by atoms with E-state index in [0.29, 0.717) is 21.5 Å².